The van der Waals surface area contributed by atoms with Crippen molar-refractivity contribution < 1.29 is 14.3 Å². The van der Waals surface area contributed by atoms with Gasteiger partial charge in [0.2, 0.25) is 0 Å². The number of benzene rings is 1. The van der Waals surface area contributed by atoms with Gasteiger partial charge >= 0.3 is 0 Å². The van der Waals surface area contributed by atoms with Gasteiger partial charge in [-0.2, -0.15) is 5.10 Å². The summed E-state index contributed by atoms with van der Waals surface area (Å²) in [5.74, 6) is 1.71. The fourth-order valence-electron chi connectivity index (χ4n) is 4.01. The molecule has 2 aromatic rings. The molecule has 0 saturated carbocycles. The van der Waals surface area contributed by atoms with Gasteiger partial charge in [0.1, 0.15) is 19.0 Å². The van der Waals surface area contributed by atoms with Crippen molar-refractivity contribution in [1.82, 2.24) is 15.1 Å². The Labute approximate surface area is 175 Å². The van der Waals surface area contributed by atoms with Crippen LogP contribution in [0.1, 0.15) is 49.5 Å². The summed E-state index contributed by atoms with van der Waals surface area (Å²) in [5, 5.41) is 7.62. The molecule has 8 heteroatoms. The Morgan fingerprint density at radius 1 is 1.20 bits per heavy atom. The molecule has 1 N–H and O–H groups in total. The summed E-state index contributed by atoms with van der Waals surface area (Å²) in [7, 11) is 0. The van der Waals surface area contributed by atoms with Crippen LogP contribution in [-0.2, 0) is 0 Å². The molecule has 1 atom stereocenters. The predicted molar refractivity (Wildman–Crippen MR) is 114 cm³/mol. The van der Waals surface area contributed by atoms with Crippen molar-refractivity contribution in [3.63, 3.8) is 0 Å². The van der Waals surface area contributed by atoms with E-state index in [1.165, 1.54) is 4.68 Å². The first-order valence-electron chi connectivity index (χ1n) is 10.6. The minimum Gasteiger partial charge on any atom is -0.486 e. The highest BCUT2D eigenvalue weighted by Crippen LogP contribution is 2.33. The van der Waals surface area contributed by atoms with Crippen LogP contribution in [0.3, 0.4) is 0 Å². The fourth-order valence-corrected chi connectivity index (χ4v) is 4.01. The molecule has 30 heavy (non-hydrogen) atoms. The zero-order chi connectivity index (χ0) is 21.1. The van der Waals surface area contributed by atoms with Crippen LogP contribution in [-0.4, -0.2) is 48.0 Å². The number of hydrogen-bond donors (Lipinski definition) is 1. The van der Waals surface area contributed by atoms with Gasteiger partial charge in [-0.1, -0.05) is 6.07 Å². The molecule has 8 nitrogen and oxygen atoms in total. The quantitative estimate of drug-likeness (QED) is 0.812. The van der Waals surface area contributed by atoms with E-state index in [0.29, 0.717) is 36.8 Å². The van der Waals surface area contributed by atoms with E-state index < -0.39 is 0 Å². The number of carbonyl (C=O) groups is 1. The molecule has 0 aliphatic carbocycles. The summed E-state index contributed by atoms with van der Waals surface area (Å²) < 4.78 is 12.7. The number of amides is 1. The van der Waals surface area contributed by atoms with E-state index in [-0.39, 0.29) is 23.6 Å². The maximum atomic E-state index is 12.9. The minimum absolute atomic E-state index is 0.00753. The van der Waals surface area contributed by atoms with E-state index >= 15 is 0 Å². The van der Waals surface area contributed by atoms with E-state index in [4.69, 9.17) is 9.47 Å². The number of fused-ring (bicyclic) bond motifs is 1. The molecular weight excluding hydrogens is 384 g/mol. The third-order valence-electron chi connectivity index (χ3n) is 5.53. The maximum absolute atomic E-state index is 12.9. The Kier molecular flexibility index (Phi) is 5.92. The first-order valence-corrected chi connectivity index (χ1v) is 10.6. The molecule has 1 saturated heterocycles. The molecule has 1 unspecified atom stereocenters. The molecule has 0 bridgehead atoms. The second-order valence-electron chi connectivity index (χ2n) is 7.95. The summed E-state index contributed by atoms with van der Waals surface area (Å²) >= 11 is 0. The van der Waals surface area contributed by atoms with Crippen LogP contribution < -0.4 is 25.2 Å². The monoisotopic (exact) mass is 412 g/mol. The third kappa shape index (κ3) is 4.13. The van der Waals surface area contributed by atoms with Gasteiger partial charge in [-0.05, 0) is 51.3 Å². The Bertz CT molecular complexity index is 972. The number of anilines is 1. The van der Waals surface area contributed by atoms with Crippen LogP contribution in [0.25, 0.3) is 0 Å². The van der Waals surface area contributed by atoms with Crippen LogP contribution in [0.5, 0.6) is 11.5 Å². The molecule has 4 rings (SSSR count). The lowest BCUT2D eigenvalue weighted by atomic mass is 10.0. The average Bonchev–Trinajstić information content (AvgIpc) is 2.77. The highest BCUT2D eigenvalue weighted by molar-refractivity contribution is 5.97. The number of nitrogens with one attached hydrogen (secondary N) is 1. The first-order chi connectivity index (χ1) is 14.5. The summed E-state index contributed by atoms with van der Waals surface area (Å²) in [5.41, 5.74) is 0.382. The molecule has 0 spiro atoms. The van der Waals surface area contributed by atoms with Crippen molar-refractivity contribution in [2.75, 3.05) is 31.2 Å². The average molecular weight is 412 g/mol. The van der Waals surface area contributed by atoms with Crippen LogP contribution in [0.2, 0.25) is 0 Å². The van der Waals surface area contributed by atoms with Gasteiger partial charge in [0.25, 0.3) is 11.5 Å². The predicted octanol–water partition coefficient (Wildman–Crippen LogP) is 2.38. The lowest BCUT2D eigenvalue weighted by molar-refractivity contribution is 0.0938. The van der Waals surface area contributed by atoms with Gasteiger partial charge in [-0.3, -0.25) is 9.59 Å². The molecule has 3 heterocycles. The largest absolute Gasteiger partial charge is 0.486 e. The van der Waals surface area contributed by atoms with Gasteiger partial charge < -0.3 is 19.7 Å². The third-order valence-corrected chi connectivity index (χ3v) is 5.53. The SMILES string of the molecule is CC(C)n1nc(N2CCCCC2CNC(=O)c2cccc3c2OCCO3)ccc1=O. The second-order valence-corrected chi connectivity index (χ2v) is 7.95. The Morgan fingerprint density at radius 3 is 2.87 bits per heavy atom. The van der Waals surface area contributed by atoms with Crippen LogP contribution >= 0.6 is 0 Å². The van der Waals surface area contributed by atoms with E-state index in [0.717, 1.165) is 31.6 Å². The van der Waals surface area contributed by atoms with E-state index in [1.807, 2.05) is 19.9 Å². The minimum atomic E-state index is -0.178. The molecule has 1 fully saturated rings. The zero-order valence-electron chi connectivity index (χ0n) is 17.5. The van der Waals surface area contributed by atoms with Gasteiger partial charge in [-0.15, -0.1) is 0 Å². The maximum Gasteiger partial charge on any atom is 0.267 e. The summed E-state index contributed by atoms with van der Waals surface area (Å²) in [6.45, 7) is 6.15. The van der Waals surface area contributed by atoms with Crippen LogP contribution in [0.15, 0.2) is 35.1 Å². The van der Waals surface area contributed by atoms with Crippen molar-refractivity contribution in [2.24, 2.45) is 0 Å². The number of ether oxygens (including phenoxy) is 2. The molecule has 1 aromatic heterocycles. The van der Waals surface area contributed by atoms with Crippen molar-refractivity contribution in [3.05, 3.63) is 46.2 Å². The normalized spacial score (nSPS) is 18.4. The van der Waals surface area contributed by atoms with Gasteiger partial charge in [0, 0.05) is 25.2 Å². The zero-order valence-corrected chi connectivity index (χ0v) is 17.5. The van der Waals surface area contributed by atoms with Crippen molar-refractivity contribution in [2.45, 2.75) is 45.2 Å². The molecule has 0 radical (unpaired) electrons. The van der Waals surface area contributed by atoms with Gasteiger partial charge in [0.05, 0.1) is 11.6 Å². The smallest absolute Gasteiger partial charge is 0.267 e. The number of piperidine rings is 1. The molecule has 2 aliphatic heterocycles. The fraction of sp³-hybridized carbons (Fsp3) is 0.500. The number of para-hydroxylation sites is 1. The number of hydrogen-bond acceptors (Lipinski definition) is 6. The highest BCUT2D eigenvalue weighted by Gasteiger charge is 2.26. The molecule has 2 aliphatic rings. The van der Waals surface area contributed by atoms with E-state index in [2.05, 4.69) is 15.3 Å². The molecular formula is C22H28N4O4. The molecule has 1 amide bonds. The number of nitrogens with zero attached hydrogens (tertiary/aromatic N) is 3. The van der Waals surface area contributed by atoms with Crippen molar-refractivity contribution in [3.8, 4) is 11.5 Å². The topological polar surface area (TPSA) is 85.7 Å². The highest BCUT2D eigenvalue weighted by atomic mass is 16.6. The molecule has 160 valence electrons. The van der Waals surface area contributed by atoms with E-state index in [9.17, 15) is 9.59 Å². The Balaban J connectivity index is 1.49. The second kappa shape index (κ2) is 8.77. The lowest BCUT2D eigenvalue weighted by Crippen LogP contribution is -2.47. The van der Waals surface area contributed by atoms with Gasteiger partial charge in [-0.25, -0.2) is 4.68 Å². The lowest BCUT2D eigenvalue weighted by Gasteiger charge is -2.37. The van der Waals surface area contributed by atoms with E-state index in [1.54, 1.807) is 24.3 Å². The Hall–Kier alpha value is -3.03. The summed E-state index contributed by atoms with van der Waals surface area (Å²) in [6.07, 6.45) is 3.11. The van der Waals surface area contributed by atoms with Crippen molar-refractivity contribution >= 4 is 11.7 Å². The summed E-state index contributed by atoms with van der Waals surface area (Å²) in [4.78, 5) is 27.1. The van der Waals surface area contributed by atoms with Crippen LogP contribution in [0.4, 0.5) is 5.82 Å². The van der Waals surface area contributed by atoms with Gasteiger partial charge in [0.15, 0.2) is 11.5 Å². The summed E-state index contributed by atoms with van der Waals surface area (Å²) in [6, 6.07) is 8.82. The standard InChI is InChI=1S/C22H28N4O4/c1-15(2)26-20(27)10-9-19(24-26)25-11-4-3-6-16(25)14-23-22(28)17-7-5-8-18-21(17)30-13-12-29-18/h5,7-10,15-16H,3-4,6,11-14H2,1-2H3,(H,23,28). The molecule has 1 aromatic carbocycles. The number of carbonyl (C=O) groups excluding carboxylic acids is 1. The number of aromatic nitrogens is 2. The van der Waals surface area contributed by atoms with Crippen LogP contribution in [0, 0.1) is 0 Å². The van der Waals surface area contributed by atoms with Crippen molar-refractivity contribution in [1.29, 1.82) is 0 Å². The first kappa shape index (κ1) is 20.3. The number of rotatable bonds is 5. The Morgan fingerprint density at radius 2 is 2.03 bits per heavy atom.